The molecule has 0 heterocycles. The molecule has 0 saturated heterocycles. The molecule has 1 aromatic rings. The normalized spacial score (nSPS) is 10.9. The Kier molecular flexibility index (Phi) is 15.0. The van der Waals surface area contributed by atoms with E-state index in [2.05, 4.69) is 6.92 Å². The number of carboxylic acid groups (broad SMARTS) is 1. The van der Waals surface area contributed by atoms with Crippen LogP contribution in [-0.4, -0.2) is 17.7 Å². The molecule has 0 aliphatic heterocycles. The van der Waals surface area contributed by atoms with E-state index in [9.17, 15) is 9.90 Å². The third-order valence-electron chi connectivity index (χ3n) is 5.67. The molecule has 29 heavy (non-hydrogen) atoms. The quantitative estimate of drug-likeness (QED) is 0.192. The fourth-order valence-electron chi connectivity index (χ4n) is 3.81. The van der Waals surface area contributed by atoms with E-state index >= 15 is 0 Å². The summed E-state index contributed by atoms with van der Waals surface area (Å²) in [6.07, 6.45) is 20.3. The summed E-state index contributed by atoms with van der Waals surface area (Å²) in [4.78, 5) is 12.9. The van der Waals surface area contributed by atoms with E-state index in [0.717, 1.165) is 12.8 Å². The molecule has 1 rings (SSSR count). The average molecular weight is 405 g/mol. The van der Waals surface area contributed by atoms with Gasteiger partial charge >= 0.3 is 6.09 Å². The Hall–Kier alpha value is -1.71. The number of rotatable bonds is 18. The first-order valence-electron chi connectivity index (χ1n) is 12.0. The molecule has 4 heteroatoms. The van der Waals surface area contributed by atoms with Crippen molar-refractivity contribution >= 4 is 17.5 Å². The van der Waals surface area contributed by atoms with Crippen LogP contribution in [0.15, 0.2) is 24.3 Å². The van der Waals surface area contributed by atoms with Gasteiger partial charge in [0, 0.05) is 17.9 Å². The number of benzene rings is 1. The fourth-order valence-corrected chi connectivity index (χ4v) is 3.81. The second kappa shape index (κ2) is 17.2. The molecule has 166 valence electrons. The predicted octanol–water partition coefficient (Wildman–Crippen LogP) is 8.01. The minimum atomic E-state index is -0.893. The topological polar surface area (TPSA) is 66.6 Å². The van der Waals surface area contributed by atoms with Crippen LogP contribution in [0.1, 0.15) is 110 Å². The van der Waals surface area contributed by atoms with Crippen molar-refractivity contribution in [2.24, 2.45) is 0 Å². The molecular formula is C25H44N2O2. The molecule has 0 radical (unpaired) electrons. The van der Waals surface area contributed by atoms with Crippen molar-refractivity contribution in [2.45, 2.75) is 110 Å². The van der Waals surface area contributed by atoms with Crippen LogP contribution in [0.2, 0.25) is 0 Å². The summed E-state index contributed by atoms with van der Waals surface area (Å²) in [5.41, 5.74) is 7.03. The summed E-state index contributed by atoms with van der Waals surface area (Å²) >= 11 is 0. The van der Waals surface area contributed by atoms with Crippen LogP contribution < -0.4 is 10.6 Å². The number of nitrogens with two attached hydrogens (primary N) is 1. The maximum absolute atomic E-state index is 11.5. The molecule has 0 unspecified atom stereocenters. The smallest absolute Gasteiger partial charge is 0.411 e. The molecule has 0 saturated carbocycles. The number of hydrogen-bond donors (Lipinski definition) is 2. The number of amides is 1. The Bertz CT molecular complexity index is 516. The molecule has 0 atom stereocenters. The zero-order valence-electron chi connectivity index (χ0n) is 18.7. The Morgan fingerprint density at radius 3 is 1.48 bits per heavy atom. The van der Waals surface area contributed by atoms with E-state index in [1.165, 1.54) is 94.8 Å². The Morgan fingerprint density at radius 2 is 1.10 bits per heavy atom. The van der Waals surface area contributed by atoms with Gasteiger partial charge in [-0.3, -0.25) is 4.90 Å². The van der Waals surface area contributed by atoms with E-state index in [1.807, 2.05) is 0 Å². The molecule has 0 aliphatic carbocycles. The minimum absolute atomic E-state index is 0.553. The lowest BCUT2D eigenvalue weighted by Gasteiger charge is -2.19. The van der Waals surface area contributed by atoms with Gasteiger partial charge in [0.1, 0.15) is 0 Å². The molecule has 0 bridgehead atoms. The molecule has 0 aliphatic rings. The van der Waals surface area contributed by atoms with Gasteiger partial charge in [0.05, 0.1) is 0 Å². The van der Waals surface area contributed by atoms with Crippen LogP contribution >= 0.6 is 0 Å². The lowest BCUT2D eigenvalue weighted by Crippen LogP contribution is -2.30. The van der Waals surface area contributed by atoms with Gasteiger partial charge in [-0.15, -0.1) is 0 Å². The van der Waals surface area contributed by atoms with Crippen LogP contribution in [-0.2, 0) is 0 Å². The lowest BCUT2D eigenvalue weighted by molar-refractivity contribution is 0.201. The highest BCUT2D eigenvalue weighted by molar-refractivity contribution is 5.86. The van der Waals surface area contributed by atoms with E-state index in [4.69, 9.17) is 5.73 Å². The van der Waals surface area contributed by atoms with Gasteiger partial charge in [0.2, 0.25) is 0 Å². The second-order valence-corrected chi connectivity index (χ2v) is 8.33. The second-order valence-electron chi connectivity index (χ2n) is 8.33. The zero-order valence-corrected chi connectivity index (χ0v) is 18.7. The Labute approximate surface area is 178 Å². The molecule has 4 nitrogen and oxygen atoms in total. The molecule has 0 spiro atoms. The average Bonchev–Trinajstić information content (AvgIpc) is 2.71. The molecule has 0 aromatic heterocycles. The highest BCUT2D eigenvalue weighted by Crippen LogP contribution is 2.18. The summed E-state index contributed by atoms with van der Waals surface area (Å²) in [5.74, 6) is 0. The van der Waals surface area contributed by atoms with Crippen molar-refractivity contribution in [1.82, 2.24) is 0 Å². The highest BCUT2D eigenvalue weighted by atomic mass is 16.4. The van der Waals surface area contributed by atoms with Crippen molar-refractivity contribution < 1.29 is 9.90 Å². The summed E-state index contributed by atoms with van der Waals surface area (Å²) in [6.45, 7) is 2.83. The first kappa shape index (κ1) is 25.3. The lowest BCUT2D eigenvalue weighted by atomic mass is 10.0. The van der Waals surface area contributed by atoms with Gasteiger partial charge in [-0.05, 0) is 30.7 Å². The van der Waals surface area contributed by atoms with Gasteiger partial charge in [-0.1, -0.05) is 103 Å². The van der Waals surface area contributed by atoms with Crippen LogP contribution in [0.3, 0.4) is 0 Å². The summed E-state index contributed by atoms with van der Waals surface area (Å²) in [5, 5.41) is 9.42. The Morgan fingerprint density at radius 1 is 0.724 bits per heavy atom. The van der Waals surface area contributed by atoms with Gasteiger partial charge < -0.3 is 10.8 Å². The van der Waals surface area contributed by atoms with E-state index in [-0.39, 0.29) is 0 Å². The largest absolute Gasteiger partial charge is 0.465 e. The van der Waals surface area contributed by atoms with E-state index in [1.54, 1.807) is 24.3 Å². The predicted molar refractivity (Wildman–Crippen MR) is 126 cm³/mol. The van der Waals surface area contributed by atoms with Crippen molar-refractivity contribution in [3.05, 3.63) is 24.3 Å². The third-order valence-corrected chi connectivity index (χ3v) is 5.67. The first-order chi connectivity index (χ1) is 14.1. The number of nitrogen functional groups attached to an aromatic ring is 1. The monoisotopic (exact) mass is 404 g/mol. The van der Waals surface area contributed by atoms with Crippen LogP contribution in [0.5, 0.6) is 0 Å². The fraction of sp³-hybridized carbons (Fsp3) is 0.720. The molecule has 1 aromatic carbocycles. The summed E-state index contributed by atoms with van der Waals surface area (Å²) < 4.78 is 0. The number of carbonyl (C=O) groups is 1. The van der Waals surface area contributed by atoms with Crippen LogP contribution in [0.25, 0.3) is 0 Å². The zero-order chi connectivity index (χ0) is 21.2. The van der Waals surface area contributed by atoms with Crippen molar-refractivity contribution in [3.63, 3.8) is 0 Å². The van der Waals surface area contributed by atoms with Gasteiger partial charge in [0.25, 0.3) is 0 Å². The highest BCUT2D eigenvalue weighted by Gasteiger charge is 2.13. The third kappa shape index (κ3) is 13.2. The molecule has 0 fully saturated rings. The van der Waals surface area contributed by atoms with Crippen LogP contribution in [0, 0.1) is 0 Å². The number of nitrogens with zero attached hydrogens (tertiary/aromatic N) is 1. The molecule has 1 amide bonds. The van der Waals surface area contributed by atoms with Crippen molar-refractivity contribution in [1.29, 1.82) is 0 Å². The van der Waals surface area contributed by atoms with Gasteiger partial charge in [-0.25, -0.2) is 4.79 Å². The minimum Gasteiger partial charge on any atom is -0.465 e. The van der Waals surface area contributed by atoms with Gasteiger partial charge in [-0.2, -0.15) is 0 Å². The number of unbranched alkanes of at least 4 members (excludes halogenated alkanes) is 15. The number of hydrogen-bond acceptors (Lipinski definition) is 2. The number of anilines is 2. The van der Waals surface area contributed by atoms with Gasteiger partial charge in [0.15, 0.2) is 0 Å². The Balaban J connectivity index is 1.92. The molecular weight excluding hydrogens is 360 g/mol. The van der Waals surface area contributed by atoms with Crippen molar-refractivity contribution in [3.8, 4) is 0 Å². The van der Waals surface area contributed by atoms with Crippen molar-refractivity contribution in [2.75, 3.05) is 17.2 Å². The maximum atomic E-state index is 11.5. The maximum Gasteiger partial charge on any atom is 0.411 e. The van der Waals surface area contributed by atoms with E-state index < -0.39 is 6.09 Å². The SMILES string of the molecule is CCCCCCCCCCCCCCCCCCN(C(=O)O)c1ccc(N)cc1. The van der Waals surface area contributed by atoms with E-state index in [0.29, 0.717) is 17.9 Å². The van der Waals surface area contributed by atoms with Crippen LogP contribution in [0.4, 0.5) is 16.2 Å². The summed E-state index contributed by atoms with van der Waals surface area (Å²) in [6, 6.07) is 7.05. The summed E-state index contributed by atoms with van der Waals surface area (Å²) in [7, 11) is 0. The molecule has 3 N–H and O–H groups in total. The first-order valence-corrected chi connectivity index (χ1v) is 12.0. The standard InChI is InChI=1S/C25H44N2O2/c1-2-3-4-5-6-7-8-9-10-11-12-13-14-15-16-17-22-27(25(28)29)24-20-18-23(26)19-21-24/h18-21H,2-17,22,26H2,1H3,(H,28,29).